The molecule has 7 nitrogen and oxygen atoms in total. The van der Waals surface area contributed by atoms with Crippen molar-refractivity contribution in [3.63, 3.8) is 0 Å². The van der Waals surface area contributed by atoms with Crippen LogP contribution in [-0.4, -0.2) is 22.9 Å². The molecule has 0 atom stereocenters. The number of non-ortho nitro benzene ring substituents is 1. The molecule has 0 unspecified atom stereocenters. The topological polar surface area (TPSA) is 97.0 Å². The zero-order chi connectivity index (χ0) is 19.8. The van der Waals surface area contributed by atoms with E-state index in [9.17, 15) is 14.9 Å². The molecule has 3 rings (SSSR count). The van der Waals surface area contributed by atoms with E-state index in [2.05, 4.69) is 15.5 Å². The number of nitro groups is 1. The van der Waals surface area contributed by atoms with Crippen LogP contribution in [-0.2, 0) is 0 Å². The number of hydrazone groups is 1. The molecule has 1 N–H and O–H groups in total. The molecule has 0 heterocycles. The van der Waals surface area contributed by atoms with Crippen molar-refractivity contribution in [1.29, 1.82) is 0 Å². The molecule has 0 bridgehead atoms. The number of amides is 1. The summed E-state index contributed by atoms with van der Waals surface area (Å²) in [6, 6.07) is 23.9. The predicted octanol–water partition coefficient (Wildman–Crippen LogP) is 3.81. The third-order valence-electron chi connectivity index (χ3n) is 3.75. The summed E-state index contributed by atoms with van der Waals surface area (Å²) in [5.74, 6) is -0.0871. The maximum absolute atomic E-state index is 12.2. The zero-order valence-electron chi connectivity index (χ0n) is 14.7. The minimum Gasteiger partial charge on any atom is -0.267 e. The lowest BCUT2D eigenvalue weighted by Gasteiger charge is -2.03. The van der Waals surface area contributed by atoms with Crippen LogP contribution >= 0.6 is 0 Å². The number of hydrogen-bond donors (Lipinski definition) is 1. The van der Waals surface area contributed by atoms with Gasteiger partial charge in [-0.05, 0) is 17.7 Å². The minimum atomic E-state index is -0.469. The van der Waals surface area contributed by atoms with Crippen LogP contribution in [0.3, 0.4) is 0 Å². The fraction of sp³-hybridized carbons (Fsp3) is 0. The molecule has 0 spiro atoms. The molecule has 0 aliphatic heterocycles. The van der Waals surface area contributed by atoms with E-state index in [4.69, 9.17) is 0 Å². The Morgan fingerprint density at radius 1 is 0.893 bits per heavy atom. The first-order valence-electron chi connectivity index (χ1n) is 8.40. The summed E-state index contributed by atoms with van der Waals surface area (Å²) in [6.07, 6.45) is 1.47. The van der Waals surface area contributed by atoms with E-state index in [0.29, 0.717) is 16.7 Å². The van der Waals surface area contributed by atoms with E-state index in [1.807, 2.05) is 24.3 Å². The molecule has 7 heteroatoms. The van der Waals surface area contributed by atoms with Crippen molar-refractivity contribution in [1.82, 2.24) is 5.43 Å². The van der Waals surface area contributed by atoms with Crippen LogP contribution in [0, 0.1) is 10.1 Å². The van der Waals surface area contributed by atoms with Gasteiger partial charge in [-0.3, -0.25) is 14.9 Å². The van der Waals surface area contributed by atoms with Crippen LogP contribution in [0.15, 0.2) is 95.0 Å². The van der Waals surface area contributed by atoms with Crippen molar-refractivity contribution in [3.05, 3.63) is 112 Å². The van der Waals surface area contributed by atoms with E-state index < -0.39 is 4.92 Å². The quantitative estimate of drug-likeness (QED) is 0.319. The van der Waals surface area contributed by atoms with Gasteiger partial charge in [0.05, 0.1) is 4.92 Å². The molecule has 0 radical (unpaired) electrons. The molecule has 138 valence electrons. The molecule has 0 saturated carbocycles. The minimum absolute atomic E-state index is 0.0282. The third kappa shape index (κ3) is 4.95. The molecule has 28 heavy (non-hydrogen) atoms. The molecule has 3 aromatic carbocycles. The van der Waals surface area contributed by atoms with E-state index in [0.717, 1.165) is 0 Å². The number of amidine groups is 1. The average Bonchev–Trinajstić information content (AvgIpc) is 2.75. The Morgan fingerprint density at radius 2 is 1.54 bits per heavy atom. The molecular weight excluding hydrogens is 356 g/mol. The summed E-state index contributed by atoms with van der Waals surface area (Å²) in [5, 5.41) is 15.0. The van der Waals surface area contributed by atoms with Crippen LogP contribution in [0.4, 0.5) is 5.69 Å². The van der Waals surface area contributed by atoms with Crippen LogP contribution in [0.2, 0.25) is 0 Å². The molecule has 3 aromatic rings. The summed E-state index contributed by atoms with van der Waals surface area (Å²) >= 11 is 0. The SMILES string of the molecule is O=C(N/N=C(\N=Cc1cccc([N+](=O)[O-])c1)c1ccccc1)c1ccccc1. The van der Waals surface area contributed by atoms with Crippen molar-refractivity contribution in [3.8, 4) is 0 Å². The summed E-state index contributed by atoms with van der Waals surface area (Å²) in [6.45, 7) is 0. The standard InChI is InChI=1S/C21H16N4O3/c26-21(18-11-5-2-6-12-18)24-23-20(17-9-3-1-4-10-17)22-15-16-8-7-13-19(14-16)25(27)28/h1-15H,(H,24,26)/b22-15?,23-20-. The summed E-state index contributed by atoms with van der Waals surface area (Å²) in [4.78, 5) is 27.0. The Kier molecular flexibility index (Phi) is 5.99. The lowest BCUT2D eigenvalue weighted by molar-refractivity contribution is -0.384. The van der Waals surface area contributed by atoms with Gasteiger partial charge in [-0.25, -0.2) is 10.4 Å². The van der Waals surface area contributed by atoms with Gasteiger partial charge in [0.2, 0.25) is 0 Å². The third-order valence-corrected chi connectivity index (χ3v) is 3.75. The highest BCUT2D eigenvalue weighted by Gasteiger charge is 2.07. The normalized spacial score (nSPS) is 11.4. The van der Waals surface area contributed by atoms with E-state index >= 15 is 0 Å². The molecule has 0 aliphatic carbocycles. The maximum atomic E-state index is 12.2. The number of hydrogen-bond acceptors (Lipinski definition) is 4. The van der Waals surface area contributed by atoms with Gasteiger partial charge in [-0.2, -0.15) is 5.10 Å². The van der Waals surface area contributed by atoms with Crippen LogP contribution < -0.4 is 5.43 Å². The smallest absolute Gasteiger partial charge is 0.267 e. The fourth-order valence-electron chi connectivity index (χ4n) is 2.37. The average molecular weight is 372 g/mol. The van der Waals surface area contributed by atoms with E-state index in [-0.39, 0.29) is 17.4 Å². The number of rotatable bonds is 5. The van der Waals surface area contributed by atoms with Gasteiger partial charge >= 0.3 is 0 Å². The van der Waals surface area contributed by atoms with E-state index in [1.165, 1.54) is 18.3 Å². The van der Waals surface area contributed by atoms with Crippen LogP contribution in [0.5, 0.6) is 0 Å². The van der Waals surface area contributed by atoms with Crippen molar-refractivity contribution in [2.45, 2.75) is 0 Å². The van der Waals surface area contributed by atoms with Gasteiger partial charge in [0.15, 0.2) is 5.84 Å². The van der Waals surface area contributed by atoms with Crippen LogP contribution in [0.25, 0.3) is 0 Å². The predicted molar refractivity (Wildman–Crippen MR) is 108 cm³/mol. The van der Waals surface area contributed by atoms with Gasteiger partial charge in [0.25, 0.3) is 11.6 Å². The Bertz CT molecular complexity index is 1030. The number of nitrogens with zero attached hydrogens (tertiary/aromatic N) is 3. The van der Waals surface area contributed by atoms with Gasteiger partial charge in [-0.15, -0.1) is 0 Å². The Balaban J connectivity index is 1.86. The highest BCUT2D eigenvalue weighted by molar-refractivity contribution is 6.06. The summed E-state index contributed by atoms with van der Waals surface area (Å²) < 4.78 is 0. The Hall–Kier alpha value is -4.13. The number of carbonyl (C=O) groups excluding carboxylic acids is 1. The lowest BCUT2D eigenvalue weighted by Crippen LogP contribution is -2.19. The van der Waals surface area contributed by atoms with Crippen molar-refractivity contribution in [2.75, 3.05) is 0 Å². The molecule has 0 fully saturated rings. The number of nitro benzene ring substituents is 1. The maximum Gasteiger partial charge on any atom is 0.271 e. The van der Waals surface area contributed by atoms with Gasteiger partial charge < -0.3 is 0 Å². The number of aliphatic imine (C=N–C) groups is 1. The fourth-order valence-corrected chi connectivity index (χ4v) is 2.37. The highest BCUT2D eigenvalue weighted by Crippen LogP contribution is 2.12. The van der Waals surface area contributed by atoms with Crippen molar-refractivity contribution >= 4 is 23.6 Å². The largest absolute Gasteiger partial charge is 0.271 e. The van der Waals surface area contributed by atoms with Gasteiger partial charge in [0.1, 0.15) is 0 Å². The van der Waals surface area contributed by atoms with Crippen LogP contribution in [0.1, 0.15) is 21.5 Å². The van der Waals surface area contributed by atoms with Gasteiger partial charge in [-0.1, -0.05) is 60.7 Å². The van der Waals surface area contributed by atoms with E-state index in [1.54, 1.807) is 48.5 Å². The molecule has 0 aromatic heterocycles. The first kappa shape index (κ1) is 18.7. The first-order valence-corrected chi connectivity index (χ1v) is 8.40. The molecular formula is C21H16N4O3. The zero-order valence-corrected chi connectivity index (χ0v) is 14.7. The second kappa shape index (κ2) is 9.00. The number of carbonyl (C=O) groups is 1. The van der Waals surface area contributed by atoms with Gasteiger partial charge in [0, 0.05) is 29.5 Å². The number of benzene rings is 3. The highest BCUT2D eigenvalue weighted by atomic mass is 16.6. The lowest BCUT2D eigenvalue weighted by atomic mass is 10.2. The van der Waals surface area contributed by atoms with Crippen molar-refractivity contribution < 1.29 is 9.72 Å². The second-order valence-electron chi connectivity index (χ2n) is 5.72. The summed E-state index contributed by atoms with van der Waals surface area (Å²) in [5.41, 5.74) is 4.18. The molecule has 1 amide bonds. The Labute approximate surface area is 161 Å². The monoisotopic (exact) mass is 372 g/mol. The Morgan fingerprint density at radius 3 is 2.18 bits per heavy atom. The number of nitrogens with one attached hydrogen (secondary N) is 1. The molecule has 0 saturated heterocycles. The first-order chi connectivity index (χ1) is 13.6. The molecule has 0 aliphatic rings. The van der Waals surface area contributed by atoms with Crippen molar-refractivity contribution in [2.24, 2.45) is 10.1 Å². The second-order valence-corrected chi connectivity index (χ2v) is 5.72. The summed E-state index contributed by atoms with van der Waals surface area (Å²) in [7, 11) is 0.